The Morgan fingerprint density at radius 2 is 1.59 bits per heavy atom. The van der Waals surface area contributed by atoms with Gasteiger partial charge >= 0.3 is 0 Å². The molecule has 34 heavy (non-hydrogen) atoms. The number of benzene rings is 3. The highest BCUT2D eigenvalue weighted by Crippen LogP contribution is 2.30. The van der Waals surface area contributed by atoms with Crippen LogP contribution in [0.3, 0.4) is 0 Å². The van der Waals surface area contributed by atoms with E-state index in [0.29, 0.717) is 29.5 Å². The van der Waals surface area contributed by atoms with E-state index in [0.717, 1.165) is 16.6 Å². The number of aromatic nitrogens is 2. The first-order chi connectivity index (χ1) is 16.5. The first-order valence-corrected chi connectivity index (χ1v) is 11.2. The van der Waals surface area contributed by atoms with Crippen molar-refractivity contribution in [2.45, 2.75) is 19.4 Å². The van der Waals surface area contributed by atoms with Crippen LogP contribution < -0.4 is 0 Å². The Labute approximate surface area is 197 Å². The minimum Gasteiger partial charge on any atom is -0.341 e. The Bertz CT molecular complexity index is 1340. The molecule has 0 aliphatic carbocycles. The Morgan fingerprint density at radius 1 is 0.912 bits per heavy atom. The molecule has 0 saturated heterocycles. The summed E-state index contributed by atoms with van der Waals surface area (Å²) in [6.45, 7) is 0.635. The fourth-order valence-corrected chi connectivity index (χ4v) is 4.39. The molecule has 1 aromatic heterocycles. The average Bonchev–Trinajstić information content (AvgIpc) is 3.33. The lowest BCUT2D eigenvalue weighted by Crippen LogP contribution is -2.41. The molecule has 4 aromatic rings. The van der Waals surface area contributed by atoms with Crippen LogP contribution in [-0.2, 0) is 11.3 Å². The first-order valence-electron chi connectivity index (χ1n) is 11.2. The van der Waals surface area contributed by atoms with Gasteiger partial charge in [0.2, 0.25) is 5.91 Å². The van der Waals surface area contributed by atoms with Crippen LogP contribution in [0.5, 0.6) is 0 Å². The van der Waals surface area contributed by atoms with Gasteiger partial charge in [0.05, 0.1) is 11.9 Å². The van der Waals surface area contributed by atoms with Gasteiger partial charge in [-0.25, -0.2) is 4.68 Å². The summed E-state index contributed by atoms with van der Waals surface area (Å²) in [7, 11) is 1.75. The fourth-order valence-electron chi connectivity index (χ4n) is 4.39. The van der Waals surface area contributed by atoms with Crippen molar-refractivity contribution in [3.8, 4) is 5.69 Å². The minimum atomic E-state index is -0.302. The van der Waals surface area contributed by atoms with Gasteiger partial charge in [-0.3, -0.25) is 19.3 Å². The van der Waals surface area contributed by atoms with Crippen LogP contribution in [0.25, 0.3) is 16.5 Å². The monoisotopic (exact) mass is 452 g/mol. The zero-order valence-corrected chi connectivity index (χ0v) is 18.8. The van der Waals surface area contributed by atoms with Crippen LogP contribution >= 0.6 is 0 Å². The third kappa shape index (κ3) is 3.96. The molecule has 0 radical (unpaired) electrons. The van der Waals surface area contributed by atoms with Gasteiger partial charge in [-0.1, -0.05) is 42.5 Å². The largest absolute Gasteiger partial charge is 0.341 e. The van der Waals surface area contributed by atoms with Crippen molar-refractivity contribution in [1.29, 1.82) is 0 Å². The lowest BCUT2D eigenvalue weighted by atomic mass is 9.94. The Kier molecular flexibility index (Phi) is 5.67. The second-order valence-corrected chi connectivity index (χ2v) is 8.45. The lowest BCUT2D eigenvalue weighted by Gasteiger charge is -2.27. The van der Waals surface area contributed by atoms with E-state index in [1.165, 1.54) is 4.90 Å². The number of nitrogens with zero attached hydrogens (tertiary/aromatic N) is 4. The molecule has 0 unspecified atom stereocenters. The minimum absolute atomic E-state index is 0.0492. The molecule has 7 heteroatoms. The van der Waals surface area contributed by atoms with E-state index < -0.39 is 0 Å². The van der Waals surface area contributed by atoms with E-state index in [1.807, 2.05) is 60.8 Å². The summed E-state index contributed by atoms with van der Waals surface area (Å²) < 4.78 is 1.78. The number of amides is 3. The van der Waals surface area contributed by atoms with Crippen molar-refractivity contribution in [2.24, 2.45) is 0 Å². The number of carbonyl (C=O) groups is 3. The Balaban J connectivity index is 1.19. The van der Waals surface area contributed by atoms with Gasteiger partial charge in [0.25, 0.3) is 11.8 Å². The topological polar surface area (TPSA) is 75.5 Å². The quantitative estimate of drug-likeness (QED) is 0.396. The normalized spacial score (nSPS) is 12.9. The number of hydrogen-bond donors (Lipinski definition) is 0. The summed E-state index contributed by atoms with van der Waals surface area (Å²) in [5, 5.41) is 5.96. The van der Waals surface area contributed by atoms with E-state index in [-0.39, 0.29) is 30.7 Å². The van der Waals surface area contributed by atoms with E-state index in [2.05, 4.69) is 5.10 Å². The van der Waals surface area contributed by atoms with Crippen LogP contribution in [0.4, 0.5) is 0 Å². The number of hydrogen-bond acceptors (Lipinski definition) is 4. The molecule has 170 valence electrons. The van der Waals surface area contributed by atoms with Crippen LogP contribution in [0, 0.1) is 0 Å². The molecule has 7 nitrogen and oxygen atoms in total. The molecular formula is C27H24N4O3. The average molecular weight is 453 g/mol. The summed E-state index contributed by atoms with van der Waals surface area (Å²) in [6, 6.07) is 20.7. The zero-order chi connectivity index (χ0) is 23.7. The zero-order valence-electron chi connectivity index (χ0n) is 18.8. The van der Waals surface area contributed by atoms with Crippen LogP contribution in [-0.4, -0.2) is 50.9 Å². The summed E-state index contributed by atoms with van der Waals surface area (Å²) in [5.41, 5.74) is 2.94. The highest BCUT2D eigenvalue weighted by molar-refractivity contribution is 6.25. The van der Waals surface area contributed by atoms with Crippen LogP contribution in [0.1, 0.15) is 39.1 Å². The molecule has 0 bridgehead atoms. The smallest absolute Gasteiger partial charge is 0.261 e. The van der Waals surface area contributed by atoms with Crippen LogP contribution in [0.2, 0.25) is 0 Å². The summed E-state index contributed by atoms with van der Waals surface area (Å²) in [5.74, 6) is -0.654. The number of imide groups is 1. The van der Waals surface area contributed by atoms with Crippen molar-refractivity contribution in [1.82, 2.24) is 19.6 Å². The van der Waals surface area contributed by atoms with Crippen molar-refractivity contribution in [3.05, 3.63) is 95.8 Å². The van der Waals surface area contributed by atoms with Crippen molar-refractivity contribution in [3.63, 3.8) is 0 Å². The number of carbonyl (C=O) groups excluding carboxylic acids is 3. The molecule has 0 N–H and O–H groups in total. The van der Waals surface area contributed by atoms with Gasteiger partial charge in [-0.05, 0) is 36.1 Å². The molecule has 3 amide bonds. The highest BCUT2D eigenvalue weighted by Gasteiger charge is 2.32. The van der Waals surface area contributed by atoms with Gasteiger partial charge in [0.15, 0.2) is 0 Å². The maximum absolute atomic E-state index is 13.0. The summed E-state index contributed by atoms with van der Waals surface area (Å²) >= 11 is 0. The Morgan fingerprint density at radius 3 is 2.26 bits per heavy atom. The van der Waals surface area contributed by atoms with Gasteiger partial charge in [0.1, 0.15) is 0 Å². The van der Waals surface area contributed by atoms with Gasteiger partial charge < -0.3 is 4.90 Å². The second kappa shape index (κ2) is 8.94. The SMILES string of the molecule is CN(Cc1cnn(-c2ccccc2)c1)C(=O)CCCN1C(=O)c2cccc3cccc(c23)C1=O. The van der Waals surface area contributed by atoms with Crippen molar-refractivity contribution in [2.75, 3.05) is 13.6 Å². The van der Waals surface area contributed by atoms with E-state index >= 15 is 0 Å². The van der Waals surface area contributed by atoms with Crippen molar-refractivity contribution < 1.29 is 14.4 Å². The molecule has 0 saturated carbocycles. The highest BCUT2D eigenvalue weighted by atomic mass is 16.2. The Hall–Kier alpha value is -4.26. The third-order valence-electron chi connectivity index (χ3n) is 6.13. The molecule has 2 heterocycles. The maximum Gasteiger partial charge on any atom is 0.261 e. The predicted octanol–water partition coefficient (Wildman–Crippen LogP) is 4.06. The van der Waals surface area contributed by atoms with E-state index in [1.54, 1.807) is 35.0 Å². The van der Waals surface area contributed by atoms with Gasteiger partial charge in [0, 0.05) is 54.8 Å². The van der Waals surface area contributed by atoms with Crippen molar-refractivity contribution >= 4 is 28.5 Å². The fraction of sp³-hybridized carbons (Fsp3) is 0.185. The first kappa shape index (κ1) is 21.6. The maximum atomic E-state index is 13.0. The van der Waals surface area contributed by atoms with Crippen LogP contribution in [0.15, 0.2) is 79.1 Å². The van der Waals surface area contributed by atoms with Gasteiger partial charge in [-0.15, -0.1) is 0 Å². The standard InChI is InChI=1S/C27H24N4O3/c1-29(17-19-16-28-31(18-19)21-10-3-2-4-11-21)24(32)14-7-15-30-26(33)22-12-5-8-20-9-6-13-23(25(20)22)27(30)34/h2-6,8-13,16,18H,7,14-15,17H2,1H3. The molecule has 0 spiro atoms. The predicted molar refractivity (Wildman–Crippen MR) is 129 cm³/mol. The molecular weight excluding hydrogens is 428 g/mol. The molecule has 0 atom stereocenters. The second-order valence-electron chi connectivity index (χ2n) is 8.45. The van der Waals surface area contributed by atoms with E-state index in [9.17, 15) is 14.4 Å². The summed E-state index contributed by atoms with van der Waals surface area (Å²) in [4.78, 5) is 41.6. The molecule has 3 aromatic carbocycles. The molecule has 5 rings (SSSR count). The van der Waals surface area contributed by atoms with Gasteiger partial charge in [-0.2, -0.15) is 5.10 Å². The third-order valence-corrected chi connectivity index (χ3v) is 6.13. The molecule has 1 aliphatic rings. The molecule has 0 fully saturated rings. The number of para-hydroxylation sites is 1. The molecule has 1 aliphatic heterocycles. The lowest BCUT2D eigenvalue weighted by molar-refractivity contribution is -0.130. The number of rotatable bonds is 7. The summed E-state index contributed by atoms with van der Waals surface area (Å²) in [6.07, 6.45) is 4.30. The van der Waals surface area contributed by atoms with E-state index in [4.69, 9.17) is 0 Å².